The molecule has 0 radical (unpaired) electrons. The molecule has 2 aromatic carbocycles. The number of amides is 1. The second-order valence-corrected chi connectivity index (χ2v) is 11.9. The highest BCUT2D eigenvalue weighted by atomic mass is 35.5. The zero-order chi connectivity index (χ0) is 30.0. The summed E-state index contributed by atoms with van der Waals surface area (Å²) in [5, 5.41) is 12.5. The van der Waals surface area contributed by atoms with Crippen molar-refractivity contribution in [3.8, 4) is 17.1 Å². The van der Waals surface area contributed by atoms with Gasteiger partial charge in [0.2, 0.25) is 0 Å². The average molecular weight is 642 g/mol. The summed E-state index contributed by atoms with van der Waals surface area (Å²) < 4.78 is 41.3. The number of halogens is 4. The van der Waals surface area contributed by atoms with Gasteiger partial charge in [-0.1, -0.05) is 35.5 Å². The van der Waals surface area contributed by atoms with E-state index in [1.165, 1.54) is 29.2 Å². The van der Waals surface area contributed by atoms with E-state index < -0.39 is 11.7 Å². The van der Waals surface area contributed by atoms with Crippen molar-refractivity contribution in [1.29, 1.82) is 0 Å². The Morgan fingerprint density at radius 2 is 1.77 bits per heavy atom. The van der Waals surface area contributed by atoms with Crippen molar-refractivity contribution >= 4 is 46.3 Å². The standard InChI is InChI=1S/C29H23ClF3N7OS2/c30-21-6-2-8-23(15-21)40-26(19-4-3-9-34-16-19)36-37-28(40)43-18-25-35-24(17-42-25)27(41)39-12-10-38(11-13-39)22-7-1-5-20(14-22)29(31,32)33/h1-9,14-17H,10-13,18H2. The number of aromatic nitrogens is 5. The topological polar surface area (TPSA) is 80.0 Å². The van der Waals surface area contributed by atoms with Crippen molar-refractivity contribution in [3.05, 3.63) is 99.7 Å². The Balaban J connectivity index is 1.12. The summed E-state index contributed by atoms with van der Waals surface area (Å²) in [6, 6.07) is 16.4. The van der Waals surface area contributed by atoms with Gasteiger partial charge in [-0.2, -0.15) is 13.2 Å². The second kappa shape index (κ2) is 12.3. The molecule has 0 bridgehead atoms. The lowest BCUT2D eigenvalue weighted by molar-refractivity contribution is -0.137. The van der Waals surface area contributed by atoms with E-state index in [1.54, 1.807) is 34.8 Å². The van der Waals surface area contributed by atoms with Crippen LogP contribution in [-0.4, -0.2) is 61.7 Å². The zero-order valence-electron chi connectivity index (χ0n) is 22.4. The van der Waals surface area contributed by atoms with Crippen LogP contribution in [0.4, 0.5) is 18.9 Å². The number of piperazine rings is 1. The number of alkyl halides is 3. The molecule has 0 saturated carbocycles. The molecule has 0 spiro atoms. The maximum atomic E-state index is 13.2. The zero-order valence-corrected chi connectivity index (χ0v) is 24.8. The third kappa shape index (κ3) is 6.53. The second-order valence-electron chi connectivity index (χ2n) is 9.61. The number of thiazole rings is 1. The molecule has 0 aliphatic carbocycles. The number of benzene rings is 2. The van der Waals surface area contributed by atoms with E-state index in [2.05, 4.69) is 20.2 Å². The van der Waals surface area contributed by atoms with Crippen LogP contribution < -0.4 is 4.90 Å². The highest BCUT2D eigenvalue weighted by molar-refractivity contribution is 7.98. The smallest absolute Gasteiger partial charge is 0.368 e. The summed E-state index contributed by atoms with van der Waals surface area (Å²) in [5.41, 5.74) is 1.76. The van der Waals surface area contributed by atoms with Crippen LogP contribution >= 0.6 is 34.7 Å². The lowest BCUT2D eigenvalue weighted by atomic mass is 10.1. The third-order valence-electron chi connectivity index (χ3n) is 6.82. The number of pyridine rings is 1. The quantitative estimate of drug-likeness (QED) is 0.183. The molecule has 3 aromatic heterocycles. The van der Waals surface area contributed by atoms with E-state index >= 15 is 0 Å². The molecule has 6 rings (SSSR count). The number of rotatable bonds is 7. The molecule has 5 aromatic rings. The Hall–Kier alpha value is -3.94. The van der Waals surface area contributed by atoms with E-state index in [4.69, 9.17) is 11.6 Å². The number of carbonyl (C=O) groups excluding carboxylic acids is 1. The van der Waals surface area contributed by atoms with E-state index in [0.717, 1.165) is 28.4 Å². The molecule has 14 heteroatoms. The first kappa shape index (κ1) is 29.1. The molecular formula is C29H23ClF3N7OS2. The summed E-state index contributed by atoms with van der Waals surface area (Å²) in [4.78, 5) is 25.5. The molecule has 0 unspecified atom stereocenters. The van der Waals surface area contributed by atoms with Gasteiger partial charge in [0.15, 0.2) is 11.0 Å². The van der Waals surface area contributed by atoms with Crippen LogP contribution in [0, 0.1) is 0 Å². The van der Waals surface area contributed by atoms with Crippen molar-refractivity contribution in [3.63, 3.8) is 0 Å². The fourth-order valence-corrected chi connectivity index (χ4v) is 6.63. The van der Waals surface area contributed by atoms with Gasteiger partial charge in [0, 0.05) is 60.2 Å². The first-order valence-electron chi connectivity index (χ1n) is 13.2. The van der Waals surface area contributed by atoms with Crippen LogP contribution in [0.2, 0.25) is 5.02 Å². The molecule has 43 heavy (non-hydrogen) atoms. The van der Waals surface area contributed by atoms with Crippen LogP contribution in [-0.2, 0) is 11.9 Å². The average Bonchev–Trinajstić information content (AvgIpc) is 3.67. The third-order valence-corrected chi connectivity index (χ3v) is 9.03. The number of thioether (sulfide) groups is 1. The molecule has 1 aliphatic heterocycles. The fourth-order valence-electron chi connectivity index (χ4n) is 4.70. The van der Waals surface area contributed by atoms with E-state index in [-0.39, 0.29) is 5.91 Å². The molecule has 220 valence electrons. The van der Waals surface area contributed by atoms with Gasteiger partial charge < -0.3 is 9.80 Å². The minimum Gasteiger partial charge on any atom is -0.368 e. The highest BCUT2D eigenvalue weighted by Gasteiger charge is 2.31. The predicted octanol–water partition coefficient (Wildman–Crippen LogP) is 6.71. The van der Waals surface area contributed by atoms with Gasteiger partial charge in [0.05, 0.1) is 17.0 Å². The number of hydrogen-bond acceptors (Lipinski definition) is 8. The van der Waals surface area contributed by atoms with Crippen LogP contribution in [0.5, 0.6) is 0 Å². The van der Waals surface area contributed by atoms with Crippen molar-refractivity contribution in [1.82, 2.24) is 29.6 Å². The Morgan fingerprint density at radius 3 is 2.51 bits per heavy atom. The molecule has 1 fully saturated rings. The number of nitrogens with zero attached hydrogens (tertiary/aromatic N) is 7. The molecule has 1 saturated heterocycles. The van der Waals surface area contributed by atoms with Gasteiger partial charge in [-0.25, -0.2) is 4.98 Å². The van der Waals surface area contributed by atoms with Crippen LogP contribution in [0.1, 0.15) is 21.1 Å². The van der Waals surface area contributed by atoms with E-state index in [0.29, 0.717) is 59.3 Å². The van der Waals surface area contributed by atoms with Crippen molar-refractivity contribution in [2.24, 2.45) is 0 Å². The Kier molecular flexibility index (Phi) is 8.37. The maximum absolute atomic E-state index is 13.2. The van der Waals surface area contributed by atoms with Crippen LogP contribution in [0.3, 0.4) is 0 Å². The van der Waals surface area contributed by atoms with Gasteiger partial charge in [-0.3, -0.25) is 14.3 Å². The number of hydrogen-bond donors (Lipinski definition) is 0. The summed E-state index contributed by atoms with van der Waals surface area (Å²) in [7, 11) is 0. The molecular weight excluding hydrogens is 619 g/mol. The summed E-state index contributed by atoms with van der Waals surface area (Å²) in [5.74, 6) is 0.891. The molecule has 8 nitrogen and oxygen atoms in total. The summed E-state index contributed by atoms with van der Waals surface area (Å²) in [6.07, 6.45) is -0.991. The molecule has 4 heterocycles. The Bertz CT molecular complexity index is 1740. The van der Waals surface area contributed by atoms with Crippen molar-refractivity contribution < 1.29 is 18.0 Å². The number of anilines is 1. The maximum Gasteiger partial charge on any atom is 0.416 e. The van der Waals surface area contributed by atoms with Gasteiger partial charge in [0.1, 0.15) is 10.7 Å². The first-order chi connectivity index (χ1) is 20.8. The lowest BCUT2D eigenvalue weighted by Gasteiger charge is -2.36. The van der Waals surface area contributed by atoms with Crippen molar-refractivity contribution in [2.75, 3.05) is 31.1 Å². The molecule has 1 aliphatic rings. The minimum atomic E-state index is -4.40. The monoisotopic (exact) mass is 641 g/mol. The van der Waals surface area contributed by atoms with Gasteiger partial charge >= 0.3 is 6.18 Å². The van der Waals surface area contributed by atoms with E-state index in [9.17, 15) is 18.0 Å². The largest absolute Gasteiger partial charge is 0.416 e. The Morgan fingerprint density at radius 1 is 0.977 bits per heavy atom. The van der Waals surface area contributed by atoms with E-state index in [1.807, 2.05) is 39.8 Å². The lowest BCUT2D eigenvalue weighted by Crippen LogP contribution is -2.49. The van der Waals surface area contributed by atoms with Crippen LogP contribution in [0.25, 0.3) is 17.1 Å². The highest BCUT2D eigenvalue weighted by Crippen LogP contribution is 2.33. The van der Waals surface area contributed by atoms with Gasteiger partial charge in [-0.05, 0) is 48.5 Å². The minimum absolute atomic E-state index is 0.197. The fraction of sp³-hybridized carbons (Fsp3) is 0.207. The summed E-state index contributed by atoms with van der Waals surface area (Å²) in [6.45, 7) is 1.63. The van der Waals surface area contributed by atoms with Crippen LogP contribution in [0.15, 0.2) is 83.6 Å². The predicted molar refractivity (Wildman–Crippen MR) is 161 cm³/mol. The summed E-state index contributed by atoms with van der Waals surface area (Å²) >= 11 is 9.11. The van der Waals surface area contributed by atoms with Gasteiger partial charge in [0.25, 0.3) is 5.91 Å². The molecule has 0 atom stereocenters. The molecule has 0 N–H and O–H groups in total. The Labute approximate surface area is 258 Å². The molecule has 1 amide bonds. The number of carbonyl (C=O) groups is 1. The first-order valence-corrected chi connectivity index (χ1v) is 15.4. The van der Waals surface area contributed by atoms with Crippen molar-refractivity contribution in [2.45, 2.75) is 17.1 Å². The normalized spacial score (nSPS) is 13.9. The van der Waals surface area contributed by atoms with Gasteiger partial charge in [-0.15, -0.1) is 21.5 Å². The SMILES string of the molecule is O=C(c1csc(CSc2nnc(-c3cccnc3)n2-c2cccc(Cl)c2)n1)N1CCN(c2cccc(C(F)(F)F)c2)CC1.